The quantitative estimate of drug-likeness (QED) is 0.488. The smallest absolute Gasteiger partial charge is 0.348 e. The molecule has 0 amide bonds. The first kappa shape index (κ1) is 20.2. The molecule has 0 bridgehead atoms. The number of esters is 2. The van der Waals surface area contributed by atoms with E-state index in [0.717, 1.165) is 30.0 Å². The number of carbonyl (C=O) groups excluding carboxylic acids is 2. The lowest BCUT2D eigenvalue weighted by atomic mass is 10.1. The number of aryl methyl sites for hydroxylation is 1. The van der Waals surface area contributed by atoms with Crippen molar-refractivity contribution in [1.82, 2.24) is 15.2 Å². The summed E-state index contributed by atoms with van der Waals surface area (Å²) in [6.07, 6.45) is 1.77. The minimum Gasteiger partial charge on any atom is -0.462 e. The highest BCUT2D eigenvalue weighted by Crippen LogP contribution is 2.36. The van der Waals surface area contributed by atoms with Crippen LogP contribution in [0.25, 0.3) is 0 Å². The van der Waals surface area contributed by atoms with E-state index in [0.29, 0.717) is 21.3 Å². The van der Waals surface area contributed by atoms with Crippen molar-refractivity contribution in [2.24, 2.45) is 0 Å². The molecule has 0 aliphatic rings. The molecule has 0 saturated carbocycles. The van der Waals surface area contributed by atoms with Gasteiger partial charge in [-0.25, -0.2) is 14.6 Å². The highest BCUT2D eigenvalue weighted by atomic mass is 32.2. The van der Waals surface area contributed by atoms with Gasteiger partial charge in [0.1, 0.15) is 15.7 Å². The summed E-state index contributed by atoms with van der Waals surface area (Å²) in [4.78, 5) is 29.2. The standard InChI is InChI=1S/C16H22N4O4S2/c1-4-7-10-18-16(20-19-10)25-8-9-11(14(21)23-5-2)13(17)26-12(9)15(22)24-6-3/h4-8,17H2,1-3H3,(H,18,19,20). The third-order valence-corrected chi connectivity index (χ3v) is 5.23. The Balaban J connectivity index is 2.29. The maximum atomic E-state index is 12.3. The van der Waals surface area contributed by atoms with Gasteiger partial charge in [-0.3, -0.25) is 5.10 Å². The maximum Gasteiger partial charge on any atom is 0.348 e. The molecule has 0 unspecified atom stereocenters. The van der Waals surface area contributed by atoms with Crippen LogP contribution in [0.5, 0.6) is 0 Å². The lowest BCUT2D eigenvalue weighted by Gasteiger charge is -2.06. The Labute approximate surface area is 159 Å². The maximum absolute atomic E-state index is 12.3. The Morgan fingerprint density at radius 3 is 2.54 bits per heavy atom. The fourth-order valence-corrected chi connectivity index (χ4v) is 4.15. The number of nitrogens with one attached hydrogen (secondary N) is 1. The summed E-state index contributed by atoms with van der Waals surface area (Å²) in [5.74, 6) is 0.0569. The molecule has 0 atom stereocenters. The number of carbonyl (C=O) groups is 2. The molecule has 0 aliphatic heterocycles. The number of hydrogen-bond acceptors (Lipinski definition) is 9. The minimum absolute atomic E-state index is 0.219. The molecule has 2 aromatic heterocycles. The van der Waals surface area contributed by atoms with Crippen molar-refractivity contribution in [3.05, 3.63) is 21.8 Å². The van der Waals surface area contributed by atoms with Crippen LogP contribution in [0.3, 0.4) is 0 Å². The van der Waals surface area contributed by atoms with Gasteiger partial charge in [-0.2, -0.15) is 0 Å². The molecule has 0 saturated heterocycles. The second-order valence-corrected chi connectivity index (χ2v) is 7.19. The molecule has 2 heterocycles. The number of nitrogens with zero attached hydrogens (tertiary/aromatic N) is 2. The van der Waals surface area contributed by atoms with Crippen molar-refractivity contribution in [3.8, 4) is 0 Å². The summed E-state index contributed by atoms with van der Waals surface area (Å²) in [5, 5.41) is 7.81. The van der Waals surface area contributed by atoms with Gasteiger partial charge in [0.05, 0.1) is 18.8 Å². The average molecular weight is 399 g/mol. The summed E-state index contributed by atoms with van der Waals surface area (Å²) in [5.41, 5.74) is 6.70. The van der Waals surface area contributed by atoms with Crippen LogP contribution >= 0.6 is 23.1 Å². The first-order valence-corrected chi connectivity index (χ1v) is 10.1. The zero-order valence-corrected chi connectivity index (χ0v) is 16.6. The van der Waals surface area contributed by atoms with Gasteiger partial charge in [-0.15, -0.1) is 16.4 Å². The lowest BCUT2D eigenvalue weighted by Crippen LogP contribution is -2.11. The molecule has 2 aromatic rings. The molecule has 8 nitrogen and oxygen atoms in total. The molecule has 0 radical (unpaired) electrons. The molecule has 0 aliphatic carbocycles. The van der Waals surface area contributed by atoms with E-state index in [9.17, 15) is 9.59 Å². The van der Waals surface area contributed by atoms with E-state index < -0.39 is 11.9 Å². The van der Waals surface area contributed by atoms with Gasteiger partial charge in [-0.1, -0.05) is 18.7 Å². The van der Waals surface area contributed by atoms with E-state index in [1.54, 1.807) is 13.8 Å². The SMILES string of the molecule is CCCc1nc(SCc2c(C(=O)OCC)sc(N)c2C(=O)OCC)n[nH]1. The van der Waals surface area contributed by atoms with Gasteiger partial charge in [0.15, 0.2) is 0 Å². The molecule has 0 fully saturated rings. The third kappa shape index (κ3) is 4.76. The van der Waals surface area contributed by atoms with Gasteiger partial charge >= 0.3 is 11.9 Å². The number of rotatable bonds is 9. The second kappa shape index (κ2) is 9.58. The molecule has 0 aromatic carbocycles. The number of ether oxygens (including phenoxy) is 2. The molecule has 3 N–H and O–H groups in total. The Morgan fingerprint density at radius 2 is 1.88 bits per heavy atom. The van der Waals surface area contributed by atoms with E-state index in [1.807, 2.05) is 0 Å². The molecular weight excluding hydrogens is 376 g/mol. The predicted molar refractivity (Wildman–Crippen MR) is 101 cm³/mol. The van der Waals surface area contributed by atoms with Crippen molar-refractivity contribution >= 4 is 40.0 Å². The predicted octanol–water partition coefficient (Wildman–Crippen LogP) is 3.05. The zero-order valence-electron chi connectivity index (χ0n) is 15.0. The first-order chi connectivity index (χ1) is 12.5. The second-order valence-electron chi connectivity index (χ2n) is 5.19. The summed E-state index contributed by atoms with van der Waals surface area (Å²) in [6, 6.07) is 0. The molecule has 10 heteroatoms. The Bertz CT molecular complexity index is 772. The Hall–Kier alpha value is -2.07. The van der Waals surface area contributed by atoms with E-state index >= 15 is 0 Å². The summed E-state index contributed by atoms with van der Waals surface area (Å²) >= 11 is 2.35. The van der Waals surface area contributed by atoms with E-state index in [-0.39, 0.29) is 23.8 Å². The normalized spacial score (nSPS) is 10.7. The Morgan fingerprint density at radius 1 is 1.19 bits per heavy atom. The zero-order chi connectivity index (χ0) is 19.1. The minimum atomic E-state index is -0.547. The van der Waals surface area contributed by atoms with Gasteiger partial charge in [0, 0.05) is 17.7 Å². The number of aromatic amines is 1. The summed E-state index contributed by atoms with van der Waals surface area (Å²) in [6.45, 7) is 5.94. The number of H-pyrrole nitrogens is 1. The fraction of sp³-hybridized carbons (Fsp3) is 0.500. The number of hydrogen-bond donors (Lipinski definition) is 2. The van der Waals surface area contributed by atoms with E-state index in [1.165, 1.54) is 11.8 Å². The van der Waals surface area contributed by atoms with E-state index in [2.05, 4.69) is 22.1 Å². The van der Waals surface area contributed by atoms with Crippen LogP contribution in [0, 0.1) is 0 Å². The van der Waals surface area contributed by atoms with Crippen LogP contribution in [0.1, 0.15) is 58.6 Å². The van der Waals surface area contributed by atoms with Crippen molar-refractivity contribution in [3.63, 3.8) is 0 Å². The largest absolute Gasteiger partial charge is 0.462 e. The lowest BCUT2D eigenvalue weighted by molar-refractivity contribution is 0.0527. The number of aromatic nitrogens is 3. The average Bonchev–Trinajstić information content (AvgIpc) is 3.17. The van der Waals surface area contributed by atoms with Crippen molar-refractivity contribution < 1.29 is 19.1 Å². The fourth-order valence-electron chi connectivity index (χ4n) is 2.24. The highest BCUT2D eigenvalue weighted by Gasteiger charge is 2.28. The summed E-state index contributed by atoms with van der Waals surface area (Å²) in [7, 11) is 0. The molecule has 0 spiro atoms. The summed E-state index contributed by atoms with van der Waals surface area (Å²) < 4.78 is 10.2. The van der Waals surface area contributed by atoms with Crippen LogP contribution in [-0.2, 0) is 21.6 Å². The third-order valence-electron chi connectivity index (χ3n) is 3.32. The highest BCUT2D eigenvalue weighted by molar-refractivity contribution is 7.98. The molecule has 2 rings (SSSR count). The van der Waals surface area contributed by atoms with Crippen molar-refractivity contribution in [2.45, 2.75) is 44.5 Å². The topological polar surface area (TPSA) is 120 Å². The monoisotopic (exact) mass is 398 g/mol. The number of anilines is 1. The van der Waals surface area contributed by atoms with Gasteiger partial charge in [-0.05, 0) is 20.3 Å². The number of nitrogens with two attached hydrogens (primary N) is 1. The van der Waals surface area contributed by atoms with Gasteiger partial charge in [0.25, 0.3) is 0 Å². The number of nitrogen functional groups attached to an aromatic ring is 1. The van der Waals surface area contributed by atoms with E-state index in [4.69, 9.17) is 15.2 Å². The molecule has 26 heavy (non-hydrogen) atoms. The number of thioether (sulfide) groups is 1. The Kier molecular flexibility index (Phi) is 7.46. The van der Waals surface area contributed by atoms with Crippen molar-refractivity contribution in [1.29, 1.82) is 0 Å². The van der Waals surface area contributed by atoms with Crippen LogP contribution in [0.2, 0.25) is 0 Å². The number of thiophene rings is 1. The van der Waals surface area contributed by atoms with Crippen LogP contribution in [0.15, 0.2) is 5.16 Å². The molecule has 142 valence electrons. The molecular formula is C16H22N4O4S2. The van der Waals surface area contributed by atoms with Crippen LogP contribution in [-0.4, -0.2) is 40.3 Å². The van der Waals surface area contributed by atoms with Crippen LogP contribution in [0.4, 0.5) is 5.00 Å². The first-order valence-electron chi connectivity index (χ1n) is 8.31. The van der Waals surface area contributed by atoms with Gasteiger partial charge in [0.2, 0.25) is 5.16 Å². The van der Waals surface area contributed by atoms with Crippen molar-refractivity contribution in [2.75, 3.05) is 18.9 Å². The van der Waals surface area contributed by atoms with Gasteiger partial charge < -0.3 is 15.2 Å². The van der Waals surface area contributed by atoms with Crippen LogP contribution < -0.4 is 5.73 Å².